The van der Waals surface area contributed by atoms with Gasteiger partial charge in [-0.1, -0.05) is 19.4 Å². The zero-order chi connectivity index (χ0) is 11.2. The van der Waals surface area contributed by atoms with Crippen molar-refractivity contribution >= 4 is 0 Å². The Bertz CT molecular complexity index is 297. The number of nitrogens with one attached hydrogen (secondary N) is 1. The Morgan fingerprint density at radius 3 is 2.94 bits per heavy atom. The van der Waals surface area contributed by atoms with Gasteiger partial charge in [0, 0.05) is 11.9 Å². The molecule has 0 amide bonds. The Hall–Kier alpha value is -0.890. The van der Waals surface area contributed by atoms with E-state index in [0.717, 1.165) is 24.8 Å². The Labute approximate surface area is 98.5 Å². The molecule has 2 nitrogen and oxygen atoms in total. The highest BCUT2D eigenvalue weighted by Crippen LogP contribution is 2.33. The summed E-state index contributed by atoms with van der Waals surface area (Å²) in [5.74, 6) is 1.70. The van der Waals surface area contributed by atoms with Crippen molar-refractivity contribution < 1.29 is 0 Å². The van der Waals surface area contributed by atoms with E-state index >= 15 is 0 Å². The van der Waals surface area contributed by atoms with Crippen LogP contribution in [0.2, 0.25) is 0 Å². The average molecular weight is 218 g/mol. The van der Waals surface area contributed by atoms with Gasteiger partial charge in [-0.2, -0.15) is 0 Å². The molecule has 0 spiro atoms. The van der Waals surface area contributed by atoms with Crippen molar-refractivity contribution in [2.24, 2.45) is 11.8 Å². The minimum Gasteiger partial charge on any atom is -0.317 e. The summed E-state index contributed by atoms with van der Waals surface area (Å²) in [7, 11) is 0. The summed E-state index contributed by atoms with van der Waals surface area (Å²) >= 11 is 0. The van der Waals surface area contributed by atoms with Crippen LogP contribution in [0, 0.1) is 11.8 Å². The normalized spacial score (nSPS) is 24.8. The maximum Gasteiger partial charge on any atom is 0.0406 e. The van der Waals surface area contributed by atoms with Crippen LogP contribution >= 0.6 is 0 Å². The SMILES string of the molecule is CCNCC1CCCC1Cc1ccccn1. The van der Waals surface area contributed by atoms with E-state index in [-0.39, 0.29) is 0 Å². The van der Waals surface area contributed by atoms with E-state index in [1.165, 1.54) is 31.5 Å². The van der Waals surface area contributed by atoms with E-state index in [1.807, 2.05) is 12.3 Å². The highest BCUT2D eigenvalue weighted by Gasteiger charge is 2.26. The van der Waals surface area contributed by atoms with Crippen LogP contribution in [0.5, 0.6) is 0 Å². The molecule has 88 valence electrons. The van der Waals surface area contributed by atoms with Crippen molar-refractivity contribution in [2.45, 2.75) is 32.6 Å². The first-order valence-corrected chi connectivity index (χ1v) is 6.50. The van der Waals surface area contributed by atoms with Crippen molar-refractivity contribution in [2.75, 3.05) is 13.1 Å². The van der Waals surface area contributed by atoms with Crippen molar-refractivity contribution in [1.29, 1.82) is 0 Å². The summed E-state index contributed by atoms with van der Waals surface area (Å²) in [6.07, 6.45) is 7.24. The molecule has 2 unspecified atom stereocenters. The Morgan fingerprint density at radius 2 is 2.19 bits per heavy atom. The summed E-state index contributed by atoms with van der Waals surface area (Å²) in [4.78, 5) is 4.44. The van der Waals surface area contributed by atoms with Gasteiger partial charge in [0.15, 0.2) is 0 Å². The van der Waals surface area contributed by atoms with Gasteiger partial charge < -0.3 is 5.32 Å². The molecule has 0 saturated heterocycles. The third-order valence-electron chi connectivity index (χ3n) is 3.67. The first-order valence-electron chi connectivity index (χ1n) is 6.50. The van der Waals surface area contributed by atoms with Crippen LogP contribution < -0.4 is 5.32 Å². The van der Waals surface area contributed by atoms with Gasteiger partial charge in [0.2, 0.25) is 0 Å². The van der Waals surface area contributed by atoms with E-state index in [0.29, 0.717) is 0 Å². The molecule has 2 atom stereocenters. The highest BCUT2D eigenvalue weighted by molar-refractivity contribution is 5.05. The molecule has 2 rings (SSSR count). The van der Waals surface area contributed by atoms with Crippen molar-refractivity contribution in [3.63, 3.8) is 0 Å². The standard InChI is InChI=1S/C14H22N2/c1-2-15-11-13-7-5-6-12(13)10-14-8-3-4-9-16-14/h3-4,8-9,12-13,15H,2,5-7,10-11H2,1H3. The van der Waals surface area contributed by atoms with Gasteiger partial charge in [-0.25, -0.2) is 0 Å². The lowest BCUT2D eigenvalue weighted by atomic mass is 9.91. The zero-order valence-electron chi connectivity index (χ0n) is 10.2. The van der Waals surface area contributed by atoms with Crippen LogP contribution in [-0.2, 0) is 6.42 Å². The highest BCUT2D eigenvalue weighted by atomic mass is 14.8. The number of nitrogens with zero attached hydrogens (tertiary/aromatic N) is 1. The summed E-state index contributed by atoms with van der Waals surface area (Å²) in [6.45, 7) is 4.46. The predicted octanol–water partition coefficient (Wildman–Crippen LogP) is 2.65. The van der Waals surface area contributed by atoms with Gasteiger partial charge in [0.25, 0.3) is 0 Å². The molecule has 16 heavy (non-hydrogen) atoms. The molecule has 1 aromatic heterocycles. The van der Waals surface area contributed by atoms with E-state index in [4.69, 9.17) is 0 Å². The second-order valence-corrected chi connectivity index (χ2v) is 4.78. The fraction of sp³-hybridized carbons (Fsp3) is 0.643. The maximum atomic E-state index is 4.44. The lowest BCUT2D eigenvalue weighted by Gasteiger charge is -2.19. The summed E-state index contributed by atoms with van der Waals surface area (Å²) < 4.78 is 0. The second-order valence-electron chi connectivity index (χ2n) is 4.78. The molecule has 0 bridgehead atoms. The molecule has 1 fully saturated rings. The summed E-state index contributed by atoms with van der Waals surface area (Å²) in [5, 5.41) is 3.49. The fourth-order valence-corrected chi connectivity index (χ4v) is 2.77. The smallest absolute Gasteiger partial charge is 0.0406 e. The van der Waals surface area contributed by atoms with E-state index in [2.05, 4.69) is 29.4 Å². The maximum absolute atomic E-state index is 4.44. The monoisotopic (exact) mass is 218 g/mol. The molecule has 1 N–H and O–H groups in total. The molecule has 2 heteroatoms. The third kappa shape index (κ3) is 3.05. The third-order valence-corrected chi connectivity index (χ3v) is 3.67. The van der Waals surface area contributed by atoms with Gasteiger partial charge in [-0.05, 0) is 56.3 Å². The van der Waals surface area contributed by atoms with E-state index in [1.54, 1.807) is 0 Å². The Morgan fingerprint density at radius 1 is 1.31 bits per heavy atom. The lowest BCUT2D eigenvalue weighted by molar-refractivity contribution is 0.366. The molecule has 0 radical (unpaired) electrons. The molecule has 1 aliphatic rings. The van der Waals surface area contributed by atoms with Gasteiger partial charge in [-0.15, -0.1) is 0 Å². The lowest BCUT2D eigenvalue weighted by Crippen LogP contribution is -2.26. The fourth-order valence-electron chi connectivity index (χ4n) is 2.77. The molecule has 1 aromatic rings. The first-order chi connectivity index (χ1) is 7.90. The molecule has 0 aromatic carbocycles. The van der Waals surface area contributed by atoms with E-state index in [9.17, 15) is 0 Å². The van der Waals surface area contributed by atoms with Crippen LogP contribution in [-0.4, -0.2) is 18.1 Å². The van der Waals surface area contributed by atoms with Crippen molar-refractivity contribution in [1.82, 2.24) is 10.3 Å². The minimum absolute atomic E-state index is 0.842. The van der Waals surface area contributed by atoms with Crippen LogP contribution in [0.1, 0.15) is 31.9 Å². The Balaban J connectivity index is 1.88. The van der Waals surface area contributed by atoms with Gasteiger partial charge in [0.1, 0.15) is 0 Å². The molecule has 1 saturated carbocycles. The number of hydrogen-bond acceptors (Lipinski definition) is 2. The summed E-state index contributed by atoms with van der Waals surface area (Å²) in [5.41, 5.74) is 1.26. The van der Waals surface area contributed by atoms with Gasteiger partial charge in [-0.3, -0.25) is 4.98 Å². The number of aromatic nitrogens is 1. The second kappa shape index (κ2) is 6.00. The first kappa shape index (κ1) is 11.6. The number of hydrogen-bond donors (Lipinski definition) is 1. The largest absolute Gasteiger partial charge is 0.317 e. The zero-order valence-corrected chi connectivity index (χ0v) is 10.2. The molecular weight excluding hydrogens is 196 g/mol. The van der Waals surface area contributed by atoms with Gasteiger partial charge in [0.05, 0.1) is 0 Å². The van der Waals surface area contributed by atoms with Crippen LogP contribution in [0.15, 0.2) is 24.4 Å². The minimum atomic E-state index is 0.842. The molecular formula is C14H22N2. The van der Waals surface area contributed by atoms with Crippen molar-refractivity contribution in [3.8, 4) is 0 Å². The number of pyridine rings is 1. The Kier molecular flexibility index (Phi) is 4.34. The van der Waals surface area contributed by atoms with Crippen LogP contribution in [0.4, 0.5) is 0 Å². The van der Waals surface area contributed by atoms with E-state index < -0.39 is 0 Å². The van der Waals surface area contributed by atoms with Crippen LogP contribution in [0.25, 0.3) is 0 Å². The van der Waals surface area contributed by atoms with Crippen LogP contribution in [0.3, 0.4) is 0 Å². The average Bonchev–Trinajstić information content (AvgIpc) is 2.75. The summed E-state index contributed by atoms with van der Waals surface area (Å²) in [6, 6.07) is 6.24. The van der Waals surface area contributed by atoms with Crippen molar-refractivity contribution in [3.05, 3.63) is 30.1 Å². The molecule has 0 aliphatic heterocycles. The topological polar surface area (TPSA) is 24.9 Å². The quantitative estimate of drug-likeness (QED) is 0.822. The molecule has 1 heterocycles. The number of rotatable bonds is 5. The molecule has 1 aliphatic carbocycles. The predicted molar refractivity (Wildman–Crippen MR) is 67.3 cm³/mol. The van der Waals surface area contributed by atoms with Gasteiger partial charge >= 0.3 is 0 Å².